The standard InChI is InChI=1S/C13H16FNOS/c1-9-4-2-3-7-15(9)13(16)10-5-6-11(14)12(17)8-10/h5-6,8-9,17H,2-4,7H2,1H3. The second kappa shape index (κ2) is 5.08. The number of carbonyl (C=O) groups excluding carboxylic acids is 1. The molecule has 0 aliphatic carbocycles. The third-order valence-corrected chi connectivity index (χ3v) is 3.60. The number of rotatable bonds is 1. The number of hydrogen-bond donors (Lipinski definition) is 1. The van der Waals surface area contributed by atoms with Gasteiger partial charge in [-0.3, -0.25) is 4.79 Å². The Bertz CT molecular complexity index is 435. The van der Waals surface area contributed by atoms with Crippen LogP contribution in [0.2, 0.25) is 0 Å². The van der Waals surface area contributed by atoms with Crippen molar-refractivity contribution in [3.05, 3.63) is 29.6 Å². The first-order valence-electron chi connectivity index (χ1n) is 5.89. The van der Waals surface area contributed by atoms with Crippen molar-refractivity contribution in [2.24, 2.45) is 0 Å². The van der Waals surface area contributed by atoms with Gasteiger partial charge >= 0.3 is 0 Å². The van der Waals surface area contributed by atoms with E-state index in [0.717, 1.165) is 19.4 Å². The van der Waals surface area contributed by atoms with Crippen molar-refractivity contribution in [2.75, 3.05) is 6.54 Å². The predicted molar refractivity (Wildman–Crippen MR) is 68.0 cm³/mol. The Morgan fingerprint density at radius 3 is 2.88 bits per heavy atom. The number of piperidine rings is 1. The Hall–Kier alpha value is -1.03. The highest BCUT2D eigenvalue weighted by Crippen LogP contribution is 2.21. The molecule has 92 valence electrons. The number of nitrogens with zero attached hydrogens (tertiary/aromatic N) is 1. The molecule has 0 aromatic heterocycles. The number of carbonyl (C=O) groups is 1. The Kier molecular flexibility index (Phi) is 3.72. The van der Waals surface area contributed by atoms with Gasteiger partial charge in [0.05, 0.1) is 0 Å². The molecule has 1 fully saturated rings. The summed E-state index contributed by atoms with van der Waals surface area (Å²) in [7, 11) is 0. The average Bonchev–Trinajstić information content (AvgIpc) is 2.32. The fraction of sp³-hybridized carbons (Fsp3) is 0.462. The molecule has 1 aliphatic heterocycles. The van der Waals surface area contributed by atoms with Gasteiger partial charge in [-0.15, -0.1) is 12.6 Å². The van der Waals surface area contributed by atoms with Crippen LogP contribution in [0.4, 0.5) is 4.39 Å². The highest BCUT2D eigenvalue weighted by molar-refractivity contribution is 7.80. The summed E-state index contributed by atoms with van der Waals surface area (Å²) in [4.78, 5) is 14.3. The number of hydrogen-bond acceptors (Lipinski definition) is 2. The largest absolute Gasteiger partial charge is 0.336 e. The van der Waals surface area contributed by atoms with Crippen LogP contribution >= 0.6 is 12.6 Å². The van der Waals surface area contributed by atoms with E-state index in [1.165, 1.54) is 24.6 Å². The van der Waals surface area contributed by atoms with E-state index in [1.807, 2.05) is 4.90 Å². The Labute approximate surface area is 106 Å². The summed E-state index contributed by atoms with van der Waals surface area (Å²) >= 11 is 4.00. The van der Waals surface area contributed by atoms with Crippen LogP contribution in [0.25, 0.3) is 0 Å². The lowest BCUT2D eigenvalue weighted by atomic mass is 10.0. The minimum absolute atomic E-state index is 0.0208. The fourth-order valence-electron chi connectivity index (χ4n) is 2.21. The fourth-order valence-corrected chi connectivity index (χ4v) is 2.42. The maximum absolute atomic E-state index is 13.1. The Morgan fingerprint density at radius 2 is 2.24 bits per heavy atom. The summed E-state index contributed by atoms with van der Waals surface area (Å²) in [5.74, 6) is -0.413. The lowest BCUT2D eigenvalue weighted by Crippen LogP contribution is -2.42. The van der Waals surface area contributed by atoms with E-state index >= 15 is 0 Å². The molecule has 0 spiro atoms. The summed E-state index contributed by atoms with van der Waals surface area (Å²) in [6.07, 6.45) is 3.26. The topological polar surface area (TPSA) is 20.3 Å². The number of halogens is 1. The molecule has 1 aliphatic rings. The third kappa shape index (κ3) is 2.63. The summed E-state index contributed by atoms with van der Waals surface area (Å²) in [5.41, 5.74) is 0.519. The second-order valence-electron chi connectivity index (χ2n) is 4.51. The molecule has 1 aromatic carbocycles. The van der Waals surface area contributed by atoms with Gasteiger partial charge in [0.1, 0.15) is 5.82 Å². The normalized spacial score (nSPS) is 20.4. The first-order valence-corrected chi connectivity index (χ1v) is 6.34. The van der Waals surface area contributed by atoms with Crippen molar-refractivity contribution in [2.45, 2.75) is 37.1 Å². The summed E-state index contributed by atoms with van der Waals surface area (Å²) in [6.45, 7) is 2.85. The number of amides is 1. The van der Waals surface area contributed by atoms with E-state index in [-0.39, 0.29) is 16.8 Å². The third-order valence-electron chi connectivity index (χ3n) is 3.26. The van der Waals surface area contributed by atoms with Gasteiger partial charge in [0.2, 0.25) is 0 Å². The number of likely N-dealkylation sites (tertiary alicyclic amines) is 1. The van der Waals surface area contributed by atoms with E-state index in [9.17, 15) is 9.18 Å². The van der Waals surface area contributed by atoms with E-state index in [2.05, 4.69) is 19.6 Å². The van der Waals surface area contributed by atoms with Gasteiger partial charge in [-0.1, -0.05) is 0 Å². The molecule has 0 N–H and O–H groups in total. The van der Waals surface area contributed by atoms with Crippen molar-refractivity contribution in [3.8, 4) is 0 Å². The zero-order chi connectivity index (χ0) is 12.4. The Morgan fingerprint density at radius 1 is 1.47 bits per heavy atom. The Balaban J connectivity index is 2.21. The van der Waals surface area contributed by atoms with Gasteiger partial charge in [-0.05, 0) is 44.4 Å². The minimum atomic E-state index is -0.392. The van der Waals surface area contributed by atoms with Crippen molar-refractivity contribution in [1.29, 1.82) is 0 Å². The van der Waals surface area contributed by atoms with Crippen LogP contribution < -0.4 is 0 Å². The van der Waals surface area contributed by atoms with Crippen LogP contribution in [0.1, 0.15) is 36.5 Å². The van der Waals surface area contributed by atoms with Crippen LogP contribution in [0.5, 0.6) is 0 Å². The van der Waals surface area contributed by atoms with Gasteiger partial charge in [-0.2, -0.15) is 0 Å². The smallest absolute Gasteiger partial charge is 0.254 e. The molecular weight excluding hydrogens is 237 g/mol. The molecule has 1 unspecified atom stereocenters. The van der Waals surface area contributed by atoms with Gasteiger partial charge in [0.15, 0.2) is 0 Å². The summed E-state index contributed by atoms with van der Waals surface area (Å²) < 4.78 is 13.1. The maximum atomic E-state index is 13.1. The van der Waals surface area contributed by atoms with Crippen LogP contribution in [0.3, 0.4) is 0 Å². The molecule has 0 bridgehead atoms. The maximum Gasteiger partial charge on any atom is 0.254 e. The van der Waals surface area contributed by atoms with Crippen LogP contribution in [0, 0.1) is 5.82 Å². The molecule has 1 amide bonds. The lowest BCUT2D eigenvalue weighted by molar-refractivity contribution is 0.0635. The lowest BCUT2D eigenvalue weighted by Gasteiger charge is -2.33. The minimum Gasteiger partial charge on any atom is -0.336 e. The highest BCUT2D eigenvalue weighted by Gasteiger charge is 2.24. The SMILES string of the molecule is CC1CCCCN1C(=O)c1ccc(F)c(S)c1. The van der Waals surface area contributed by atoms with E-state index in [1.54, 1.807) is 0 Å². The zero-order valence-electron chi connectivity index (χ0n) is 9.82. The monoisotopic (exact) mass is 253 g/mol. The molecule has 0 saturated carbocycles. The van der Waals surface area contributed by atoms with Crippen LogP contribution in [0.15, 0.2) is 23.1 Å². The van der Waals surface area contributed by atoms with Gasteiger partial charge < -0.3 is 4.90 Å². The predicted octanol–water partition coefficient (Wildman–Crippen LogP) is 3.13. The van der Waals surface area contributed by atoms with Crippen LogP contribution in [-0.2, 0) is 0 Å². The van der Waals surface area contributed by atoms with Crippen molar-refractivity contribution >= 4 is 18.5 Å². The van der Waals surface area contributed by atoms with Crippen LogP contribution in [-0.4, -0.2) is 23.4 Å². The van der Waals surface area contributed by atoms with Gasteiger partial charge in [0.25, 0.3) is 5.91 Å². The molecule has 1 atom stereocenters. The molecule has 1 saturated heterocycles. The zero-order valence-corrected chi connectivity index (χ0v) is 10.7. The molecular formula is C13H16FNOS. The van der Waals surface area contributed by atoms with Gasteiger partial charge in [-0.25, -0.2) is 4.39 Å². The van der Waals surface area contributed by atoms with E-state index in [0.29, 0.717) is 5.56 Å². The van der Waals surface area contributed by atoms with Crippen molar-refractivity contribution in [3.63, 3.8) is 0 Å². The summed E-state index contributed by atoms with van der Waals surface area (Å²) in [6, 6.07) is 4.59. The number of benzene rings is 1. The first kappa shape index (κ1) is 12.4. The quantitative estimate of drug-likeness (QED) is 0.762. The number of thiol groups is 1. The van der Waals surface area contributed by atoms with Gasteiger partial charge in [0, 0.05) is 23.0 Å². The molecule has 4 heteroatoms. The molecule has 0 radical (unpaired) electrons. The molecule has 2 nitrogen and oxygen atoms in total. The molecule has 2 rings (SSSR count). The molecule has 1 heterocycles. The summed E-state index contributed by atoms with van der Waals surface area (Å²) in [5, 5.41) is 0. The van der Waals surface area contributed by atoms with E-state index in [4.69, 9.17) is 0 Å². The molecule has 17 heavy (non-hydrogen) atoms. The highest BCUT2D eigenvalue weighted by atomic mass is 32.1. The first-order chi connectivity index (χ1) is 8.09. The average molecular weight is 253 g/mol. The molecule has 1 aromatic rings. The van der Waals surface area contributed by atoms with E-state index < -0.39 is 5.82 Å². The second-order valence-corrected chi connectivity index (χ2v) is 4.99. The van der Waals surface area contributed by atoms with Crippen molar-refractivity contribution in [1.82, 2.24) is 4.90 Å². The van der Waals surface area contributed by atoms with Crippen molar-refractivity contribution < 1.29 is 9.18 Å².